The van der Waals surface area contributed by atoms with Crippen LogP contribution in [-0.2, 0) is 6.54 Å². The Hall–Kier alpha value is -0.540. The molecule has 0 fully saturated rings. The molecule has 0 aliphatic heterocycles. The highest BCUT2D eigenvalue weighted by atomic mass is 35.5. The second-order valence-electron chi connectivity index (χ2n) is 3.83. The van der Waals surface area contributed by atoms with Gasteiger partial charge in [-0.3, -0.25) is 0 Å². The van der Waals surface area contributed by atoms with Gasteiger partial charge in [0.2, 0.25) is 0 Å². The topological polar surface area (TPSA) is 12.0 Å². The molecule has 1 nitrogen and oxygen atoms in total. The molecule has 1 heterocycles. The van der Waals surface area contributed by atoms with Crippen LogP contribution in [0, 0.1) is 0 Å². The van der Waals surface area contributed by atoms with Crippen LogP contribution in [0.25, 0.3) is 0 Å². The maximum Gasteiger partial charge on any atom is 0.0637 e. The first-order valence-corrected chi connectivity index (χ1v) is 7.01. The van der Waals surface area contributed by atoms with Crippen molar-refractivity contribution in [2.75, 3.05) is 0 Å². The summed E-state index contributed by atoms with van der Waals surface area (Å²) < 4.78 is 0. The Bertz CT molecular complexity index is 482. The molecule has 17 heavy (non-hydrogen) atoms. The molecule has 90 valence electrons. The van der Waals surface area contributed by atoms with Crippen LogP contribution in [0.3, 0.4) is 0 Å². The van der Waals surface area contributed by atoms with Crippen molar-refractivity contribution in [2.24, 2.45) is 0 Å². The van der Waals surface area contributed by atoms with Crippen LogP contribution in [0.15, 0.2) is 35.7 Å². The Morgan fingerprint density at radius 2 is 2.06 bits per heavy atom. The van der Waals surface area contributed by atoms with Crippen LogP contribution in [0.5, 0.6) is 0 Å². The maximum absolute atomic E-state index is 6.13. The van der Waals surface area contributed by atoms with Crippen molar-refractivity contribution >= 4 is 34.5 Å². The molecule has 1 aromatic carbocycles. The molecule has 0 aliphatic carbocycles. The number of nitrogens with one attached hydrogen (secondary N) is 1. The Labute approximate surface area is 115 Å². The largest absolute Gasteiger partial charge is 0.305 e. The zero-order valence-corrected chi connectivity index (χ0v) is 11.7. The van der Waals surface area contributed by atoms with Gasteiger partial charge in [-0.2, -0.15) is 0 Å². The number of thiophene rings is 1. The molecular weight excluding hydrogens is 273 g/mol. The lowest BCUT2D eigenvalue weighted by molar-refractivity contribution is 0.583. The van der Waals surface area contributed by atoms with Crippen molar-refractivity contribution in [3.63, 3.8) is 0 Å². The maximum atomic E-state index is 6.13. The van der Waals surface area contributed by atoms with Gasteiger partial charge in [0.25, 0.3) is 0 Å². The van der Waals surface area contributed by atoms with E-state index < -0.39 is 0 Å². The average molecular weight is 286 g/mol. The third-order valence-corrected chi connectivity index (χ3v) is 4.51. The van der Waals surface area contributed by atoms with Gasteiger partial charge in [-0.25, -0.2) is 0 Å². The first-order valence-electron chi connectivity index (χ1n) is 5.38. The van der Waals surface area contributed by atoms with Crippen LogP contribution >= 0.6 is 34.5 Å². The number of halogens is 2. The van der Waals surface area contributed by atoms with Gasteiger partial charge in [0.05, 0.1) is 10.0 Å². The number of hydrogen-bond donors (Lipinski definition) is 1. The molecule has 1 N–H and O–H groups in total. The van der Waals surface area contributed by atoms with E-state index >= 15 is 0 Å². The molecule has 0 amide bonds. The molecule has 4 heteroatoms. The van der Waals surface area contributed by atoms with Gasteiger partial charge in [0.15, 0.2) is 0 Å². The molecule has 1 aromatic heterocycles. The summed E-state index contributed by atoms with van der Waals surface area (Å²) in [5.41, 5.74) is 1.03. The van der Waals surface area contributed by atoms with Crippen molar-refractivity contribution in [1.82, 2.24) is 5.32 Å². The summed E-state index contributed by atoms with van der Waals surface area (Å²) in [6, 6.07) is 10.2. The molecule has 0 aliphatic rings. The van der Waals surface area contributed by atoms with E-state index in [9.17, 15) is 0 Å². The van der Waals surface area contributed by atoms with Crippen LogP contribution in [0.2, 0.25) is 10.0 Å². The minimum atomic E-state index is 0.324. The quantitative estimate of drug-likeness (QED) is 0.842. The Kier molecular flexibility index (Phi) is 4.46. The fourth-order valence-corrected chi connectivity index (χ4v) is 2.73. The predicted octanol–water partition coefficient (Wildman–Crippen LogP) is 4.91. The first-order chi connectivity index (χ1) is 8.18. The van der Waals surface area contributed by atoms with Crippen molar-refractivity contribution in [3.05, 3.63) is 56.2 Å². The van der Waals surface area contributed by atoms with E-state index in [0.29, 0.717) is 16.1 Å². The summed E-state index contributed by atoms with van der Waals surface area (Å²) in [4.78, 5) is 1.32. The minimum absolute atomic E-state index is 0.324. The Balaban J connectivity index is 2.00. The molecular formula is C13H13Cl2NS. The van der Waals surface area contributed by atoms with Crippen molar-refractivity contribution in [1.29, 1.82) is 0 Å². The van der Waals surface area contributed by atoms with Gasteiger partial charge in [-0.05, 0) is 30.0 Å². The molecule has 0 saturated carbocycles. The van der Waals surface area contributed by atoms with E-state index in [-0.39, 0.29) is 0 Å². The highest BCUT2D eigenvalue weighted by Crippen LogP contribution is 2.26. The fraction of sp³-hybridized carbons (Fsp3) is 0.231. The van der Waals surface area contributed by atoms with Crippen LogP contribution < -0.4 is 5.32 Å². The zero-order valence-electron chi connectivity index (χ0n) is 9.41. The van der Waals surface area contributed by atoms with Crippen LogP contribution in [0.4, 0.5) is 0 Å². The molecule has 0 radical (unpaired) electrons. The smallest absolute Gasteiger partial charge is 0.0637 e. The molecule has 0 saturated heterocycles. The highest BCUT2D eigenvalue weighted by molar-refractivity contribution is 7.10. The van der Waals surface area contributed by atoms with Gasteiger partial charge in [-0.15, -0.1) is 11.3 Å². The van der Waals surface area contributed by atoms with E-state index in [4.69, 9.17) is 23.2 Å². The molecule has 0 bridgehead atoms. The fourth-order valence-electron chi connectivity index (χ4n) is 1.59. The van der Waals surface area contributed by atoms with E-state index in [0.717, 1.165) is 12.1 Å². The van der Waals surface area contributed by atoms with Crippen LogP contribution in [-0.4, -0.2) is 0 Å². The van der Waals surface area contributed by atoms with Gasteiger partial charge < -0.3 is 5.32 Å². The third-order valence-electron chi connectivity index (χ3n) is 2.60. The summed E-state index contributed by atoms with van der Waals surface area (Å²) in [6.07, 6.45) is 0. The van der Waals surface area contributed by atoms with Gasteiger partial charge in [0.1, 0.15) is 0 Å². The minimum Gasteiger partial charge on any atom is -0.305 e. The second-order valence-corrected chi connectivity index (χ2v) is 5.60. The summed E-state index contributed by atoms with van der Waals surface area (Å²) in [5, 5.41) is 6.77. The van der Waals surface area contributed by atoms with Crippen molar-refractivity contribution in [2.45, 2.75) is 19.5 Å². The molecule has 0 spiro atoms. The lowest BCUT2D eigenvalue weighted by Gasteiger charge is -2.13. The third kappa shape index (κ3) is 3.23. The lowest BCUT2D eigenvalue weighted by atomic mass is 10.2. The van der Waals surface area contributed by atoms with Crippen molar-refractivity contribution < 1.29 is 0 Å². The molecule has 0 unspecified atom stereocenters. The van der Waals surface area contributed by atoms with E-state index in [1.807, 2.05) is 12.1 Å². The van der Waals surface area contributed by atoms with Gasteiger partial charge in [-0.1, -0.05) is 41.4 Å². The first kappa shape index (κ1) is 12.9. The number of rotatable bonds is 4. The Morgan fingerprint density at radius 3 is 2.76 bits per heavy atom. The summed E-state index contributed by atoms with van der Waals surface area (Å²) in [5.74, 6) is 0. The molecule has 2 aromatic rings. The number of hydrogen-bond acceptors (Lipinski definition) is 2. The van der Waals surface area contributed by atoms with Gasteiger partial charge in [0, 0.05) is 17.5 Å². The Morgan fingerprint density at radius 1 is 1.24 bits per heavy atom. The monoisotopic (exact) mass is 285 g/mol. The van der Waals surface area contributed by atoms with Gasteiger partial charge >= 0.3 is 0 Å². The van der Waals surface area contributed by atoms with E-state index in [2.05, 4.69) is 29.8 Å². The second kappa shape index (κ2) is 5.87. The summed E-state index contributed by atoms with van der Waals surface area (Å²) in [6.45, 7) is 2.86. The van der Waals surface area contributed by atoms with E-state index in [1.54, 1.807) is 17.4 Å². The average Bonchev–Trinajstić information content (AvgIpc) is 2.84. The molecule has 1 atom stereocenters. The van der Waals surface area contributed by atoms with Crippen molar-refractivity contribution in [3.8, 4) is 0 Å². The highest BCUT2D eigenvalue weighted by Gasteiger charge is 2.08. The summed E-state index contributed by atoms with van der Waals surface area (Å²) >= 11 is 13.9. The SMILES string of the molecule is C[C@H](NCc1cccc(Cl)c1Cl)c1cccs1. The summed E-state index contributed by atoms with van der Waals surface area (Å²) in [7, 11) is 0. The normalized spacial score (nSPS) is 12.6. The predicted molar refractivity (Wildman–Crippen MR) is 76.0 cm³/mol. The number of benzene rings is 1. The molecule has 2 rings (SSSR count). The zero-order chi connectivity index (χ0) is 12.3. The standard InChI is InChI=1S/C13H13Cl2NS/c1-9(12-6-3-7-17-12)16-8-10-4-2-5-11(14)13(10)15/h2-7,9,16H,8H2,1H3/t9-/m0/s1. The van der Waals surface area contributed by atoms with E-state index in [1.165, 1.54) is 4.88 Å². The van der Waals surface area contributed by atoms with Crippen LogP contribution in [0.1, 0.15) is 23.4 Å². The lowest BCUT2D eigenvalue weighted by Crippen LogP contribution is -2.17.